The Hall–Kier alpha value is -2.52. The highest BCUT2D eigenvalue weighted by atomic mass is 79.9. The normalized spacial score (nSPS) is 11.6. The molecule has 0 fully saturated rings. The lowest BCUT2D eigenvalue weighted by atomic mass is 10.2. The first-order chi connectivity index (χ1) is 13.9. The fraction of sp³-hybridized carbons (Fsp3) is 0.250. The van der Waals surface area contributed by atoms with Gasteiger partial charge in [0.25, 0.3) is 0 Å². The number of carbonyl (C=O) groups is 1. The molecule has 2 aromatic carbocycles. The van der Waals surface area contributed by atoms with Crippen LogP contribution in [0.1, 0.15) is 13.8 Å². The number of fused-ring (bicyclic) bond motifs is 2. The molecule has 0 spiro atoms. The Labute approximate surface area is 179 Å². The summed E-state index contributed by atoms with van der Waals surface area (Å²) in [6.45, 7) is 5.16. The number of nitrogens with zero attached hydrogens (tertiary/aromatic N) is 2. The summed E-state index contributed by atoms with van der Waals surface area (Å²) in [7, 11) is 0. The van der Waals surface area contributed by atoms with Crippen LogP contribution in [0.5, 0.6) is 0 Å². The smallest absolute Gasteiger partial charge is 0.323 e. The highest BCUT2D eigenvalue weighted by Crippen LogP contribution is 2.28. The minimum Gasteiger partial charge on any atom is -0.324 e. The van der Waals surface area contributed by atoms with Gasteiger partial charge in [0.05, 0.1) is 33.5 Å². The molecule has 3 N–H and O–H groups in total. The molecular weight excluding hydrogens is 454 g/mol. The second-order valence-corrected chi connectivity index (χ2v) is 8.98. The Balaban J connectivity index is 1.51. The van der Waals surface area contributed by atoms with Gasteiger partial charge in [0.2, 0.25) is 5.91 Å². The van der Waals surface area contributed by atoms with Gasteiger partial charge in [-0.3, -0.25) is 4.79 Å². The SMILES string of the molecule is CC(C)Cn1c(SCC(=O)Nc2cc3[nH]c(=O)[nH]c3cc2Br)nc2ccccc21. The molecule has 0 aliphatic carbocycles. The third-order valence-corrected chi connectivity index (χ3v) is 6.01. The minimum atomic E-state index is -0.282. The Morgan fingerprint density at radius 3 is 2.72 bits per heavy atom. The van der Waals surface area contributed by atoms with Gasteiger partial charge in [0, 0.05) is 11.0 Å². The van der Waals surface area contributed by atoms with Gasteiger partial charge in [-0.1, -0.05) is 37.7 Å². The number of imidazole rings is 2. The molecule has 0 bridgehead atoms. The van der Waals surface area contributed by atoms with E-state index in [1.165, 1.54) is 11.8 Å². The first-order valence-electron chi connectivity index (χ1n) is 9.20. The molecule has 0 saturated heterocycles. The number of H-pyrrole nitrogens is 2. The number of carbonyl (C=O) groups excluding carboxylic acids is 1. The standard InChI is InChI=1S/C20H20BrN5O2S/c1-11(2)9-26-17-6-4-3-5-13(17)25-20(26)29-10-18(27)22-14-8-16-15(7-12(14)21)23-19(28)24-16/h3-8,11H,9-10H2,1-2H3,(H,22,27)(H2,23,24,28). The average molecular weight is 474 g/mol. The maximum Gasteiger partial charge on any atom is 0.323 e. The van der Waals surface area contributed by atoms with E-state index in [-0.39, 0.29) is 17.3 Å². The van der Waals surface area contributed by atoms with Gasteiger partial charge < -0.3 is 19.9 Å². The zero-order valence-electron chi connectivity index (χ0n) is 16.0. The number of thioether (sulfide) groups is 1. The van der Waals surface area contributed by atoms with E-state index in [1.807, 2.05) is 18.2 Å². The lowest BCUT2D eigenvalue weighted by Gasteiger charge is -2.11. The van der Waals surface area contributed by atoms with Gasteiger partial charge in [0.1, 0.15) is 0 Å². The highest BCUT2D eigenvalue weighted by Gasteiger charge is 2.15. The first-order valence-corrected chi connectivity index (χ1v) is 11.0. The van der Waals surface area contributed by atoms with Crippen molar-refractivity contribution < 1.29 is 4.79 Å². The lowest BCUT2D eigenvalue weighted by molar-refractivity contribution is -0.113. The molecule has 0 aliphatic rings. The summed E-state index contributed by atoms with van der Waals surface area (Å²) in [5.41, 5.74) is 3.65. The van der Waals surface area contributed by atoms with E-state index < -0.39 is 0 Å². The maximum atomic E-state index is 12.6. The number of aromatic amines is 2. The van der Waals surface area contributed by atoms with Crippen molar-refractivity contribution in [2.24, 2.45) is 5.92 Å². The van der Waals surface area contributed by atoms with Crippen LogP contribution >= 0.6 is 27.7 Å². The lowest BCUT2D eigenvalue weighted by Crippen LogP contribution is -2.15. The van der Waals surface area contributed by atoms with Crippen LogP contribution in [-0.4, -0.2) is 31.2 Å². The topological polar surface area (TPSA) is 95.6 Å². The fourth-order valence-electron chi connectivity index (χ4n) is 3.17. The molecule has 4 rings (SSSR count). The van der Waals surface area contributed by atoms with Crippen LogP contribution in [0.3, 0.4) is 0 Å². The van der Waals surface area contributed by atoms with E-state index in [4.69, 9.17) is 4.98 Å². The van der Waals surface area contributed by atoms with E-state index in [9.17, 15) is 9.59 Å². The molecule has 2 heterocycles. The minimum absolute atomic E-state index is 0.143. The quantitative estimate of drug-likeness (QED) is 0.362. The molecule has 0 atom stereocenters. The summed E-state index contributed by atoms with van der Waals surface area (Å²) >= 11 is 4.86. The van der Waals surface area contributed by atoms with Crippen LogP contribution in [0.15, 0.2) is 50.8 Å². The van der Waals surface area contributed by atoms with Crippen molar-refractivity contribution in [1.29, 1.82) is 0 Å². The largest absolute Gasteiger partial charge is 0.324 e. The number of hydrogen-bond acceptors (Lipinski definition) is 4. The third kappa shape index (κ3) is 4.25. The number of halogens is 1. The number of anilines is 1. The summed E-state index contributed by atoms with van der Waals surface area (Å²) in [4.78, 5) is 34.1. The second-order valence-electron chi connectivity index (χ2n) is 7.18. The number of benzene rings is 2. The monoisotopic (exact) mass is 473 g/mol. The Bertz CT molecular complexity index is 1260. The van der Waals surface area contributed by atoms with E-state index in [0.717, 1.165) is 22.7 Å². The van der Waals surface area contributed by atoms with Crippen molar-refractivity contribution in [3.8, 4) is 0 Å². The molecule has 0 radical (unpaired) electrons. The van der Waals surface area contributed by atoms with Crippen LogP contribution < -0.4 is 11.0 Å². The van der Waals surface area contributed by atoms with Crippen molar-refractivity contribution in [3.63, 3.8) is 0 Å². The first kappa shape index (κ1) is 19.8. The van der Waals surface area contributed by atoms with Crippen LogP contribution in [0.4, 0.5) is 5.69 Å². The second kappa shape index (κ2) is 8.08. The predicted molar refractivity (Wildman–Crippen MR) is 121 cm³/mol. The number of hydrogen-bond donors (Lipinski definition) is 3. The van der Waals surface area contributed by atoms with Gasteiger partial charge >= 0.3 is 5.69 Å². The number of rotatable bonds is 6. The molecule has 4 aromatic rings. The number of nitrogens with one attached hydrogen (secondary N) is 3. The highest BCUT2D eigenvalue weighted by molar-refractivity contribution is 9.10. The van der Waals surface area contributed by atoms with Crippen LogP contribution in [0.25, 0.3) is 22.1 Å². The van der Waals surface area contributed by atoms with Crippen LogP contribution in [0, 0.1) is 5.92 Å². The summed E-state index contributed by atoms with van der Waals surface area (Å²) in [5, 5.41) is 3.73. The molecule has 0 unspecified atom stereocenters. The summed E-state index contributed by atoms with van der Waals surface area (Å²) in [5.74, 6) is 0.554. The summed E-state index contributed by atoms with van der Waals surface area (Å²) < 4.78 is 2.87. The Morgan fingerprint density at radius 2 is 1.97 bits per heavy atom. The van der Waals surface area contributed by atoms with Crippen molar-refractivity contribution in [2.75, 3.05) is 11.1 Å². The van der Waals surface area contributed by atoms with Crippen LogP contribution in [0.2, 0.25) is 0 Å². The number of para-hydroxylation sites is 2. The van der Waals surface area contributed by atoms with E-state index in [2.05, 4.69) is 55.7 Å². The van der Waals surface area contributed by atoms with Gasteiger partial charge in [-0.2, -0.15) is 0 Å². The molecular formula is C20H20BrN5O2S. The Kier molecular flexibility index (Phi) is 5.51. The fourth-order valence-corrected chi connectivity index (χ4v) is 4.44. The summed E-state index contributed by atoms with van der Waals surface area (Å²) in [6.07, 6.45) is 0. The zero-order valence-corrected chi connectivity index (χ0v) is 18.4. The molecule has 2 aromatic heterocycles. The molecule has 150 valence electrons. The number of aromatic nitrogens is 4. The van der Waals surface area contributed by atoms with Crippen molar-refractivity contribution in [1.82, 2.24) is 19.5 Å². The van der Waals surface area contributed by atoms with Crippen LogP contribution in [-0.2, 0) is 11.3 Å². The van der Waals surface area contributed by atoms with Gasteiger partial charge in [-0.25, -0.2) is 9.78 Å². The average Bonchev–Trinajstić information content (AvgIpc) is 3.19. The number of amides is 1. The van der Waals surface area contributed by atoms with E-state index in [0.29, 0.717) is 27.1 Å². The maximum absolute atomic E-state index is 12.6. The van der Waals surface area contributed by atoms with Gasteiger partial charge in [-0.05, 0) is 46.1 Å². The molecule has 1 amide bonds. The molecule has 7 nitrogen and oxygen atoms in total. The molecule has 0 aliphatic heterocycles. The van der Waals surface area contributed by atoms with Crippen molar-refractivity contribution >= 4 is 61.4 Å². The predicted octanol–water partition coefficient (Wildman–Crippen LogP) is 4.36. The Morgan fingerprint density at radius 1 is 1.24 bits per heavy atom. The molecule has 0 saturated carbocycles. The molecule has 29 heavy (non-hydrogen) atoms. The molecule has 9 heteroatoms. The van der Waals surface area contributed by atoms with Gasteiger partial charge in [0.15, 0.2) is 5.16 Å². The van der Waals surface area contributed by atoms with Crippen molar-refractivity contribution in [3.05, 3.63) is 51.4 Å². The third-order valence-electron chi connectivity index (χ3n) is 4.38. The van der Waals surface area contributed by atoms with Gasteiger partial charge in [-0.15, -0.1) is 0 Å². The van der Waals surface area contributed by atoms with E-state index >= 15 is 0 Å². The van der Waals surface area contributed by atoms with E-state index in [1.54, 1.807) is 12.1 Å². The summed E-state index contributed by atoms with van der Waals surface area (Å²) in [6, 6.07) is 11.5. The van der Waals surface area contributed by atoms with Crippen molar-refractivity contribution in [2.45, 2.75) is 25.5 Å². The zero-order chi connectivity index (χ0) is 20.5.